The maximum Gasteiger partial charge on any atom is 0.241 e. The van der Waals surface area contributed by atoms with Crippen LogP contribution >= 0.6 is 11.6 Å². The zero-order valence-corrected chi connectivity index (χ0v) is 24.1. The van der Waals surface area contributed by atoms with Gasteiger partial charge in [-0.1, -0.05) is 48.4 Å². The Balaban J connectivity index is 1.52. The molecule has 2 saturated heterocycles. The first kappa shape index (κ1) is 28.6. The number of anilines is 1. The van der Waals surface area contributed by atoms with Crippen molar-refractivity contribution in [3.8, 4) is 5.75 Å². The Morgan fingerprint density at radius 2 is 1.83 bits per heavy atom. The Hall–Kier alpha value is -3.56. The highest BCUT2D eigenvalue weighted by Gasteiger charge is 2.67. The summed E-state index contributed by atoms with van der Waals surface area (Å²) in [5.74, 6) is -4.58. The molecule has 6 atom stereocenters. The number of ether oxygens (including phenoxy) is 1. The molecule has 0 bridgehead atoms. The van der Waals surface area contributed by atoms with Crippen LogP contribution in [0.2, 0.25) is 5.02 Å². The number of aliphatic hydroxyl groups excluding tert-OH is 1. The summed E-state index contributed by atoms with van der Waals surface area (Å²) in [5.41, 5.74) is 0.400. The Kier molecular flexibility index (Phi) is 7.22. The van der Waals surface area contributed by atoms with Gasteiger partial charge in [0.15, 0.2) is 0 Å². The minimum absolute atomic E-state index is 0.0309. The molecule has 6 rings (SSSR count). The lowest BCUT2D eigenvalue weighted by molar-refractivity contribution is -0.140. The molecular weight excluding hydrogens is 563 g/mol. The number of imide groups is 2. The van der Waals surface area contributed by atoms with Crippen LogP contribution in [0.15, 0.2) is 54.1 Å². The average molecular weight is 595 g/mol. The Bertz CT molecular complexity index is 1530. The lowest BCUT2D eigenvalue weighted by Crippen LogP contribution is -2.49. The van der Waals surface area contributed by atoms with Gasteiger partial charge in [0, 0.05) is 18.0 Å². The molecule has 42 heavy (non-hydrogen) atoms. The van der Waals surface area contributed by atoms with Gasteiger partial charge in [-0.3, -0.25) is 24.1 Å². The van der Waals surface area contributed by atoms with Crippen molar-refractivity contribution in [2.75, 3.05) is 24.7 Å². The Morgan fingerprint density at radius 1 is 1.07 bits per heavy atom. The van der Waals surface area contributed by atoms with Crippen LogP contribution in [-0.2, 0) is 19.2 Å². The summed E-state index contributed by atoms with van der Waals surface area (Å²) in [5, 5.41) is 9.26. The molecule has 3 fully saturated rings. The summed E-state index contributed by atoms with van der Waals surface area (Å²) in [6.45, 7) is 3.84. The maximum absolute atomic E-state index is 14.5. The van der Waals surface area contributed by atoms with Crippen LogP contribution in [0.4, 0.5) is 10.1 Å². The highest BCUT2D eigenvalue weighted by Crippen LogP contribution is 2.64. The van der Waals surface area contributed by atoms with Crippen LogP contribution in [0, 0.1) is 34.9 Å². The third-order valence-corrected chi connectivity index (χ3v) is 9.84. The van der Waals surface area contributed by atoms with E-state index in [-0.39, 0.29) is 42.2 Å². The van der Waals surface area contributed by atoms with Crippen LogP contribution in [-0.4, -0.2) is 53.4 Å². The number of para-hydroxylation sites is 1. The third kappa shape index (κ3) is 4.04. The van der Waals surface area contributed by atoms with E-state index in [0.717, 1.165) is 16.5 Å². The molecule has 4 aliphatic rings. The van der Waals surface area contributed by atoms with Crippen molar-refractivity contribution in [1.29, 1.82) is 0 Å². The third-order valence-electron chi connectivity index (χ3n) is 9.55. The molecule has 0 spiro atoms. The molecule has 0 unspecified atom stereocenters. The predicted molar refractivity (Wildman–Crippen MR) is 152 cm³/mol. The first-order valence-electron chi connectivity index (χ1n) is 14.4. The predicted octanol–water partition coefficient (Wildman–Crippen LogP) is 4.49. The van der Waals surface area contributed by atoms with Gasteiger partial charge in [0.1, 0.15) is 18.2 Å². The van der Waals surface area contributed by atoms with Gasteiger partial charge in [0.2, 0.25) is 23.6 Å². The van der Waals surface area contributed by atoms with Crippen molar-refractivity contribution in [1.82, 2.24) is 4.90 Å². The van der Waals surface area contributed by atoms with Crippen molar-refractivity contribution in [2.45, 2.75) is 39.0 Å². The molecule has 0 aromatic heterocycles. The number of carbonyl (C=O) groups excluding carboxylic acids is 4. The van der Waals surface area contributed by atoms with Gasteiger partial charge in [0.05, 0.1) is 40.5 Å². The zero-order valence-electron chi connectivity index (χ0n) is 23.4. The number of hydrogen-bond acceptors (Lipinski definition) is 6. The fraction of sp³-hybridized carbons (Fsp3) is 0.438. The second kappa shape index (κ2) is 10.6. The number of amides is 4. The van der Waals surface area contributed by atoms with E-state index in [0.29, 0.717) is 30.7 Å². The molecule has 2 aliphatic carbocycles. The number of hydrogen-bond donors (Lipinski definition) is 1. The number of aliphatic hydroxyl groups is 1. The molecular formula is C32H32ClFN2O6. The van der Waals surface area contributed by atoms with Crippen molar-refractivity contribution >= 4 is 40.9 Å². The molecule has 220 valence electrons. The highest BCUT2D eigenvalue weighted by molar-refractivity contribution is 6.31. The molecule has 2 aromatic rings. The summed E-state index contributed by atoms with van der Waals surface area (Å²) >= 11 is 6.05. The van der Waals surface area contributed by atoms with Gasteiger partial charge < -0.3 is 9.84 Å². The van der Waals surface area contributed by atoms with E-state index < -0.39 is 52.6 Å². The van der Waals surface area contributed by atoms with Crippen molar-refractivity contribution in [2.24, 2.45) is 29.1 Å². The van der Waals surface area contributed by atoms with Gasteiger partial charge in [-0.05, 0) is 56.4 Å². The van der Waals surface area contributed by atoms with Gasteiger partial charge in [-0.25, -0.2) is 9.29 Å². The Morgan fingerprint density at radius 3 is 2.55 bits per heavy atom. The number of rotatable bonds is 7. The number of fused-ring (bicyclic) bond motifs is 4. The largest absolute Gasteiger partial charge is 0.491 e. The molecule has 4 amide bonds. The van der Waals surface area contributed by atoms with E-state index in [1.165, 1.54) is 17.0 Å². The van der Waals surface area contributed by atoms with Gasteiger partial charge in [0.25, 0.3) is 0 Å². The monoisotopic (exact) mass is 594 g/mol. The van der Waals surface area contributed by atoms with Crippen molar-refractivity contribution in [3.05, 3.63) is 70.5 Å². The molecule has 1 N–H and O–H groups in total. The maximum atomic E-state index is 14.5. The number of likely N-dealkylation sites (tertiary alicyclic amines) is 1. The summed E-state index contributed by atoms with van der Waals surface area (Å²) in [6, 6.07) is 11.0. The number of allylic oxidation sites excluding steroid dienone is 2. The average Bonchev–Trinajstić information content (AvgIpc) is 3.33. The zero-order chi connectivity index (χ0) is 29.9. The molecule has 2 aromatic carbocycles. The van der Waals surface area contributed by atoms with Crippen LogP contribution in [0.1, 0.15) is 44.6 Å². The van der Waals surface area contributed by atoms with E-state index in [4.69, 9.17) is 16.3 Å². The number of carbonyl (C=O) groups is 4. The fourth-order valence-electron chi connectivity index (χ4n) is 7.74. The second-order valence-corrected chi connectivity index (χ2v) is 12.1. The fourth-order valence-corrected chi connectivity index (χ4v) is 7.92. The van der Waals surface area contributed by atoms with E-state index >= 15 is 0 Å². The summed E-state index contributed by atoms with van der Waals surface area (Å²) in [6.07, 6.45) is 3.20. The molecule has 8 nitrogen and oxygen atoms in total. The number of nitrogens with zero attached hydrogens (tertiary/aromatic N) is 2. The summed E-state index contributed by atoms with van der Waals surface area (Å²) in [4.78, 5) is 58.1. The molecule has 10 heteroatoms. The first-order valence-corrected chi connectivity index (χ1v) is 14.7. The summed E-state index contributed by atoms with van der Waals surface area (Å²) < 4.78 is 20.0. The summed E-state index contributed by atoms with van der Waals surface area (Å²) in [7, 11) is 0. The van der Waals surface area contributed by atoms with E-state index in [1.807, 2.05) is 25.1 Å². The van der Waals surface area contributed by atoms with E-state index in [2.05, 4.69) is 0 Å². The normalized spacial score (nSPS) is 30.3. The molecule has 0 radical (unpaired) electrons. The number of halogens is 2. The SMILES string of the molecule is CCCN1C(=O)[C@H]2[C@H](CC=C3[C@H]2C[C@H]2C(=O)N(c4ccc(F)c(Cl)c4)C(=O)[C@@]2(C)[C@H]3c2ccccc2OCCO)C1=O. The van der Waals surface area contributed by atoms with Crippen LogP contribution in [0.5, 0.6) is 5.75 Å². The topological polar surface area (TPSA) is 104 Å². The molecule has 2 aliphatic heterocycles. The second-order valence-electron chi connectivity index (χ2n) is 11.7. The van der Waals surface area contributed by atoms with Crippen LogP contribution in [0.3, 0.4) is 0 Å². The number of benzene rings is 2. The Labute approximate surface area is 248 Å². The van der Waals surface area contributed by atoms with Crippen molar-refractivity contribution in [3.63, 3.8) is 0 Å². The van der Waals surface area contributed by atoms with Crippen LogP contribution < -0.4 is 9.64 Å². The van der Waals surface area contributed by atoms with Crippen molar-refractivity contribution < 1.29 is 33.4 Å². The standard InChI is InChI=1S/C32H32ClFN2O6/c1-3-12-35-28(38)20-10-9-18-21(26(20)30(35)40)16-22-29(39)36(17-8-11-24(34)23(33)15-17)31(41)32(22,2)27(18)19-6-4-5-7-25(19)42-14-13-37/h4-9,11,15,20-22,26-27,37H,3,10,12-14,16H2,1-2H3/t20-,21+,22-,26-,27+,32+/m0/s1. The van der Waals surface area contributed by atoms with E-state index in [1.54, 1.807) is 19.1 Å². The van der Waals surface area contributed by atoms with E-state index in [9.17, 15) is 28.7 Å². The van der Waals surface area contributed by atoms with Gasteiger partial charge in [-0.2, -0.15) is 0 Å². The smallest absolute Gasteiger partial charge is 0.241 e. The highest BCUT2D eigenvalue weighted by atomic mass is 35.5. The lowest BCUT2D eigenvalue weighted by atomic mass is 9.51. The lowest BCUT2D eigenvalue weighted by Gasteiger charge is -2.49. The van der Waals surface area contributed by atoms with Gasteiger partial charge in [-0.15, -0.1) is 0 Å². The van der Waals surface area contributed by atoms with Gasteiger partial charge >= 0.3 is 0 Å². The quantitative estimate of drug-likeness (QED) is 0.374. The van der Waals surface area contributed by atoms with Crippen LogP contribution in [0.25, 0.3) is 0 Å². The molecule has 2 heterocycles. The minimum Gasteiger partial charge on any atom is -0.491 e. The first-order chi connectivity index (χ1) is 20.1. The molecule has 1 saturated carbocycles. The minimum atomic E-state index is -1.28.